The van der Waals surface area contributed by atoms with Crippen molar-refractivity contribution in [1.82, 2.24) is 14.5 Å². The third-order valence-electron chi connectivity index (χ3n) is 4.08. The van der Waals surface area contributed by atoms with Gasteiger partial charge in [-0.15, -0.1) is 11.3 Å². The maximum atomic E-state index is 12.7. The first-order valence-corrected chi connectivity index (χ1v) is 10.1. The molecule has 21 heavy (non-hydrogen) atoms. The Bertz CT molecular complexity index is 535. The predicted molar refractivity (Wildman–Crippen MR) is 86.0 cm³/mol. The van der Waals surface area contributed by atoms with Gasteiger partial charge < -0.3 is 5.32 Å². The normalized spacial score (nSPS) is 21.0. The highest BCUT2D eigenvalue weighted by Crippen LogP contribution is 2.31. The second-order valence-corrected chi connectivity index (χ2v) is 8.84. The highest BCUT2D eigenvalue weighted by atomic mass is 32.2. The fourth-order valence-corrected chi connectivity index (χ4v) is 5.18. The van der Waals surface area contributed by atoms with Crippen molar-refractivity contribution in [3.05, 3.63) is 22.4 Å². The molecule has 2 heterocycles. The minimum Gasteiger partial charge on any atom is -0.314 e. The molecule has 0 spiro atoms. The van der Waals surface area contributed by atoms with Gasteiger partial charge in [-0.3, -0.25) is 4.90 Å². The van der Waals surface area contributed by atoms with E-state index >= 15 is 0 Å². The van der Waals surface area contributed by atoms with Gasteiger partial charge in [0, 0.05) is 50.2 Å². The average molecular weight is 329 g/mol. The van der Waals surface area contributed by atoms with Crippen LogP contribution in [0.2, 0.25) is 0 Å². The van der Waals surface area contributed by atoms with E-state index in [0.717, 1.165) is 43.9 Å². The smallest absolute Gasteiger partial charge is 0.215 e. The standard InChI is InChI=1S/C14H23N3O2S2/c18-21(19,11-9-16-7-5-15-6-8-16)17(13-3-4-13)12-14-2-1-10-20-14/h1-2,10,13,15H,3-9,11-12H2. The van der Waals surface area contributed by atoms with E-state index in [9.17, 15) is 8.42 Å². The molecule has 0 amide bonds. The lowest BCUT2D eigenvalue weighted by Crippen LogP contribution is -2.46. The molecule has 2 aliphatic rings. The zero-order chi connectivity index (χ0) is 14.7. The summed E-state index contributed by atoms with van der Waals surface area (Å²) in [4.78, 5) is 3.37. The summed E-state index contributed by atoms with van der Waals surface area (Å²) in [6.07, 6.45) is 2.02. The molecule has 0 aromatic carbocycles. The van der Waals surface area contributed by atoms with Gasteiger partial charge in [0.1, 0.15) is 0 Å². The zero-order valence-electron chi connectivity index (χ0n) is 12.2. The minimum absolute atomic E-state index is 0.236. The molecule has 1 saturated heterocycles. The Morgan fingerprint density at radius 3 is 2.71 bits per heavy atom. The largest absolute Gasteiger partial charge is 0.314 e. The molecule has 0 atom stereocenters. The molecule has 3 rings (SSSR count). The second-order valence-electron chi connectivity index (χ2n) is 5.76. The van der Waals surface area contributed by atoms with Crippen molar-refractivity contribution in [3.63, 3.8) is 0 Å². The van der Waals surface area contributed by atoms with Gasteiger partial charge in [-0.1, -0.05) is 6.07 Å². The molecule has 0 unspecified atom stereocenters. The molecule has 1 N–H and O–H groups in total. The molecule has 0 radical (unpaired) electrons. The van der Waals surface area contributed by atoms with Crippen LogP contribution in [0.1, 0.15) is 17.7 Å². The quantitative estimate of drug-likeness (QED) is 0.809. The lowest BCUT2D eigenvalue weighted by molar-refractivity contribution is 0.252. The summed E-state index contributed by atoms with van der Waals surface area (Å²) >= 11 is 1.63. The molecule has 1 aliphatic heterocycles. The second kappa shape index (κ2) is 6.75. The van der Waals surface area contributed by atoms with Crippen LogP contribution < -0.4 is 5.32 Å². The number of nitrogens with zero attached hydrogens (tertiary/aromatic N) is 2. The van der Waals surface area contributed by atoms with Gasteiger partial charge >= 0.3 is 0 Å². The third kappa shape index (κ3) is 4.26. The van der Waals surface area contributed by atoms with E-state index in [-0.39, 0.29) is 11.8 Å². The van der Waals surface area contributed by atoms with Gasteiger partial charge in [-0.25, -0.2) is 8.42 Å². The molecule has 7 heteroatoms. The van der Waals surface area contributed by atoms with Crippen molar-refractivity contribution in [2.75, 3.05) is 38.5 Å². The van der Waals surface area contributed by atoms with E-state index in [0.29, 0.717) is 13.1 Å². The van der Waals surface area contributed by atoms with Gasteiger partial charge in [-0.05, 0) is 24.3 Å². The number of hydrogen-bond acceptors (Lipinski definition) is 5. The van der Waals surface area contributed by atoms with Gasteiger partial charge in [0.25, 0.3) is 0 Å². The number of thiophene rings is 1. The number of sulfonamides is 1. The molecule has 1 saturated carbocycles. The topological polar surface area (TPSA) is 52.7 Å². The monoisotopic (exact) mass is 329 g/mol. The van der Waals surface area contributed by atoms with Crippen LogP contribution in [0.5, 0.6) is 0 Å². The van der Waals surface area contributed by atoms with Crippen molar-refractivity contribution >= 4 is 21.4 Å². The van der Waals surface area contributed by atoms with Gasteiger partial charge in [0.2, 0.25) is 10.0 Å². The molecule has 1 aromatic rings. The lowest BCUT2D eigenvalue weighted by atomic mass is 10.4. The highest BCUT2D eigenvalue weighted by molar-refractivity contribution is 7.89. The summed E-state index contributed by atoms with van der Waals surface area (Å²) < 4.78 is 27.1. The summed E-state index contributed by atoms with van der Waals surface area (Å²) in [7, 11) is -3.16. The first kappa shape index (κ1) is 15.4. The SMILES string of the molecule is O=S(=O)(CCN1CCNCC1)N(Cc1cccs1)C1CC1. The molecule has 118 valence electrons. The Morgan fingerprint density at radius 2 is 2.10 bits per heavy atom. The number of hydrogen-bond donors (Lipinski definition) is 1. The van der Waals surface area contributed by atoms with Gasteiger partial charge in [0.15, 0.2) is 0 Å². The number of nitrogens with one attached hydrogen (secondary N) is 1. The molecule has 0 bridgehead atoms. The van der Waals surface area contributed by atoms with Crippen LogP contribution in [-0.2, 0) is 16.6 Å². The molecular formula is C14H23N3O2S2. The lowest BCUT2D eigenvalue weighted by Gasteiger charge is -2.28. The summed E-state index contributed by atoms with van der Waals surface area (Å²) in [5.41, 5.74) is 0. The van der Waals surface area contributed by atoms with E-state index in [2.05, 4.69) is 10.2 Å². The van der Waals surface area contributed by atoms with Crippen LogP contribution in [-0.4, -0.2) is 62.1 Å². The van der Waals surface area contributed by atoms with Crippen molar-refractivity contribution < 1.29 is 8.42 Å². The number of piperazine rings is 1. The van der Waals surface area contributed by atoms with Crippen LogP contribution in [0.3, 0.4) is 0 Å². The molecule has 2 fully saturated rings. The molecule has 1 aliphatic carbocycles. The fourth-order valence-electron chi connectivity index (χ4n) is 2.67. The third-order valence-corrected chi connectivity index (χ3v) is 6.78. The molecular weight excluding hydrogens is 306 g/mol. The minimum atomic E-state index is -3.16. The van der Waals surface area contributed by atoms with E-state index < -0.39 is 10.0 Å². The van der Waals surface area contributed by atoms with E-state index in [4.69, 9.17) is 0 Å². The zero-order valence-corrected chi connectivity index (χ0v) is 13.8. The van der Waals surface area contributed by atoms with Crippen LogP contribution in [0.25, 0.3) is 0 Å². The predicted octanol–water partition coefficient (Wildman–Crippen LogP) is 0.948. The van der Waals surface area contributed by atoms with Crippen molar-refractivity contribution in [1.29, 1.82) is 0 Å². The maximum Gasteiger partial charge on any atom is 0.215 e. The van der Waals surface area contributed by atoms with Crippen LogP contribution in [0.4, 0.5) is 0 Å². The Kier molecular flexibility index (Phi) is 4.96. The maximum absolute atomic E-state index is 12.7. The van der Waals surface area contributed by atoms with E-state index in [1.165, 1.54) is 0 Å². The first-order chi connectivity index (χ1) is 10.1. The molecule has 1 aromatic heterocycles. The van der Waals surface area contributed by atoms with Gasteiger partial charge in [-0.2, -0.15) is 4.31 Å². The summed E-state index contributed by atoms with van der Waals surface area (Å²) in [5, 5.41) is 5.30. The highest BCUT2D eigenvalue weighted by Gasteiger charge is 2.37. The Hall–Kier alpha value is -0.470. The van der Waals surface area contributed by atoms with Crippen LogP contribution >= 0.6 is 11.3 Å². The summed E-state index contributed by atoms with van der Waals surface area (Å²) in [6.45, 7) is 5.01. The summed E-state index contributed by atoms with van der Waals surface area (Å²) in [6, 6.07) is 4.24. The Labute approximate surface area is 131 Å². The fraction of sp³-hybridized carbons (Fsp3) is 0.714. The number of rotatable bonds is 7. The van der Waals surface area contributed by atoms with Gasteiger partial charge in [0.05, 0.1) is 5.75 Å². The van der Waals surface area contributed by atoms with Crippen molar-refractivity contribution in [2.45, 2.75) is 25.4 Å². The van der Waals surface area contributed by atoms with E-state index in [1.807, 2.05) is 17.5 Å². The van der Waals surface area contributed by atoms with Crippen molar-refractivity contribution in [2.24, 2.45) is 0 Å². The van der Waals surface area contributed by atoms with Crippen molar-refractivity contribution in [3.8, 4) is 0 Å². The summed E-state index contributed by atoms with van der Waals surface area (Å²) in [5.74, 6) is 0.245. The Morgan fingerprint density at radius 1 is 1.33 bits per heavy atom. The van der Waals surface area contributed by atoms with Crippen LogP contribution in [0.15, 0.2) is 17.5 Å². The first-order valence-electron chi connectivity index (χ1n) is 7.60. The van der Waals surface area contributed by atoms with Crippen LogP contribution in [0, 0.1) is 0 Å². The van der Waals surface area contributed by atoms with E-state index in [1.54, 1.807) is 15.6 Å². The average Bonchev–Trinajstić information content (AvgIpc) is 3.19. The molecule has 5 nitrogen and oxygen atoms in total. The Balaban J connectivity index is 1.60.